The predicted molar refractivity (Wildman–Crippen MR) is 72.3 cm³/mol. The molecule has 1 atom stereocenters. The quantitative estimate of drug-likeness (QED) is 0.776. The van der Waals surface area contributed by atoms with Gasteiger partial charge in [-0.25, -0.2) is 0 Å². The molecule has 19 heavy (non-hydrogen) atoms. The number of carbonyl (C=O) groups excluding carboxylic acids is 2. The van der Waals surface area contributed by atoms with Crippen molar-refractivity contribution in [2.75, 3.05) is 13.2 Å². The average molecular weight is 267 g/mol. The highest BCUT2D eigenvalue weighted by Gasteiger charge is 2.51. The van der Waals surface area contributed by atoms with Crippen LogP contribution in [0.3, 0.4) is 0 Å². The second kappa shape index (κ2) is 6.04. The molecule has 2 fully saturated rings. The fourth-order valence-electron chi connectivity index (χ4n) is 3.39. The van der Waals surface area contributed by atoms with Crippen LogP contribution in [-0.4, -0.2) is 35.0 Å². The van der Waals surface area contributed by atoms with Crippen LogP contribution in [0, 0.1) is 11.3 Å². The van der Waals surface area contributed by atoms with Gasteiger partial charge < -0.3 is 5.11 Å². The Hall–Kier alpha value is -0.900. The van der Waals surface area contributed by atoms with E-state index in [9.17, 15) is 9.59 Å². The van der Waals surface area contributed by atoms with E-state index >= 15 is 0 Å². The fraction of sp³-hybridized carbons (Fsp3) is 0.867. The summed E-state index contributed by atoms with van der Waals surface area (Å²) in [5, 5.41) is 8.98. The summed E-state index contributed by atoms with van der Waals surface area (Å²) in [7, 11) is 0. The smallest absolute Gasteiger partial charge is 0.235 e. The summed E-state index contributed by atoms with van der Waals surface area (Å²) in [6.07, 6.45) is 7.22. The third-order valence-electron chi connectivity index (χ3n) is 4.69. The average Bonchev–Trinajstić information content (AvgIpc) is 2.63. The minimum atomic E-state index is -0.349. The van der Waals surface area contributed by atoms with Crippen molar-refractivity contribution in [1.82, 2.24) is 4.90 Å². The topological polar surface area (TPSA) is 57.6 Å². The van der Waals surface area contributed by atoms with Crippen LogP contribution in [0.1, 0.15) is 58.3 Å². The van der Waals surface area contributed by atoms with Gasteiger partial charge in [-0.1, -0.05) is 26.2 Å². The summed E-state index contributed by atoms with van der Waals surface area (Å²) in [5.74, 6) is 0.342. The van der Waals surface area contributed by atoms with E-state index in [1.807, 2.05) is 6.92 Å². The molecule has 0 bridgehead atoms. The van der Waals surface area contributed by atoms with Crippen LogP contribution in [0.15, 0.2) is 0 Å². The number of hydrogen-bond acceptors (Lipinski definition) is 3. The zero-order valence-electron chi connectivity index (χ0n) is 11.9. The van der Waals surface area contributed by atoms with Gasteiger partial charge in [0.15, 0.2) is 0 Å². The fourth-order valence-corrected chi connectivity index (χ4v) is 3.39. The van der Waals surface area contributed by atoms with E-state index in [0.29, 0.717) is 13.0 Å². The lowest BCUT2D eigenvalue weighted by Crippen LogP contribution is -2.37. The third kappa shape index (κ3) is 2.99. The highest BCUT2D eigenvalue weighted by Crippen LogP contribution is 2.45. The minimum Gasteiger partial charge on any atom is -0.396 e. The van der Waals surface area contributed by atoms with Gasteiger partial charge in [0, 0.05) is 19.6 Å². The number of imide groups is 1. The van der Waals surface area contributed by atoms with Crippen LogP contribution in [0.25, 0.3) is 0 Å². The van der Waals surface area contributed by atoms with Crippen LogP contribution in [0.5, 0.6) is 0 Å². The normalized spacial score (nSPS) is 24.2. The van der Waals surface area contributed by atoms with Gasteiger partial charge in [-0.15, -0.1) is 0 Å². The molecule has 4 nitrogen and oxygen atoms in total. The van der Waals surface area contributed by atoms with Gasteiger partial charge in [0.1, 0.15) is 0 Å². The highest BCUT2D eigenvalue weighted by atomic mass is 16.3. The number of rotatable bonds is 5. The summed E-state index contributed by atoms with van der Waals surface area (Å²) in [6.45, 7) is 2.69. The van der Waals surface area contributed by atoms with Crippen molar-refractivity contribution in [2.24, 2.45) is 11.3 Å². The van der Waals surface area contributed by atoms with Crippen molar-refractivity contribution in [3.63, 3.8) is 0 Å². The number of nitrogens with zero attached hydrogens (tertiary/aromatic N) is 1. The largest absolute Gasteiger partial charge is 0.396 e. The molecule has 108 valence electrons. The van der Waals surface area contributed by atoms with Crippen molar-refractivity contribution in [3.8, 4) is 0 Å². The van der Waals surface area contributed by atoms with Crippen molar-refractivity contribution in [3.05, 3.63) is 0 Å². The molecule has 1 saturated heterocycles. The van der Waals surface area contributed by atoms with E-state index < -0.39 is 0 Å². The summed E-state index contributed by atoms with van der Waals surface area (Å²) in [6, 6.07) is 0. The van der Waals surface area contributed by atoms with Crippen molar-refractivity contribution < 1.29 is 14.7 Å². The van der Waals surface area contributed by atoms with Crippen molar-refractivity contribution in [2.45, 2.75) is 58.3 Å². The molecule has 2 amide bonds. The van der Waals surface area contributed by atoms with Crippen molar-refractivity contribution >= 4 is 11.8 Å². The molecule has 1 aliphatic heterocycles. The monoisotopic (exact) mass is 267 g/mol. The molecule has 0 aromatic rings. The van der Waals surface area contributed by atoms with E-state index in [-0.39, 0.29) is 29.8 Å². The first-order chi connectivity index (χ1) is 9.09. The Balaban J connectivity index is 1.91. The molecule has 4 heteroatoms. The second-order valence-corrected chi connectivity index (χ2v) is 6.30. The first-order valence-electron chi connectivity index (χ1n) is 7.55. The number of amides is 2. The molecular weight excluding hydrogens is 242 g/mol. The molecule has 1 unspecified atom stereocenters. The molecule has 1 heterocycles. The zero-order valence-corrected chi connectivity index (χ0v) is 11.9. The van der Waals surface area contributed by atoms with Gasteiger partial charge in [0.25, 0.3) is 0 Å². The summed E-state index contributed by atoms with van der Waals surface area (Å²) < 4.78 is 0. The van der Waals surface area contributed by atoms with E-state index in [4.69, 9.17) is 5.11 Å². The Kier molecular flexibility index (Phi) is 4.61. The van der Waals surface area contributed by atoms with Gasteiger partial charge >= 0.3 is 0 Å². The second-order valence-electron chi connectivity index (χ2n) is 6.30. The standard InChI is InChI=1S/C15H25NO3/c1-12(11-17)6-5-9-16-13(18)10-15(14(16)19)7-3-2-4-8-15/h12,17H,2-11H2,1H3. The lowest BCUT2D eigenvalue weighted by atomic mass is 9.73. The van der Waals surface area contributed by atoms with Crippen LogP contribution in [-0.2, 0) is 9.59 Å². The molecule has 0 aromatic heterocycles. The van der Waals surface area contributed by atoms with E-state index in [1.165, 1.54) is 11.3 Å². The molecule has 2 rings (SSSR count). The van der Waals surface area contributed by atoms with Crippen LogP contribution in [0.2, 0.25) is 0 Å². The Morgan fingerprint density at radius 2 is 1.95 bits per heavy atom. The summed E-state index contributed by atoms with van der Waals surface area (Å²) in [5.41, 5.74) is -0.349. The molecule has 1 N–H and O–H groups in total. The van der Waals surface area contributed by atoms with Gasteiger partial charge in [0.05, 0.1) is 5.41 Å². The molecular formula is C15H25NO3. The van der Waals surface area contributed by atoms with Gasteiger partial charge in [-0.2, -0.15) is 0 Å². The maximum atomic E-state index is 12.5. The molecule has 0 radical (unpaired) electrons. The SMILES string of the molecule is CC(CO)CCCN1C(=O)CC2(CCCCC2)C1=O. The van der Waals surface area contributed by atoms with Gasteiger partial charge in [0.2, 0.25) is 11.8 Å². The maximum Gasteiger partial charge on any atom is 0.235 e. The number of carbonyl (C=O) groups is 2. The number of aliphatic hydroxyl groups is 1. The third-order valence-corrected chi connectivity index (χ3v) is 4.69. The number of aliphatic hydroxyl groups excluding tert-OH is 1. The first-order valence-corrected chi connectivity index (χ1v) is 7.55. The van der Waals surface area contributed by atoms with E-state index in [1.54, 1.807) is 0 Å². The van der Waals surface area contributed by atoms with E-state index in [2.05, 4.69) is 0 Å². The molecule has 2 aliphatic rings. The molecule has 1 aliphatic carbocycles. The summed E-state index contributed by atoms with van der Waals surface area (Å²) in [4.78, 5) is 26.0. The van der Waals surface area contributed by atoms with Gasteiger partial charge in [-0.3, -0.25) is 14.5 Å². The molecule has 0 aromatic carbocycles. The van der Waals surface area contributed by atoms with Crippen LogP contribution in [0.4, 0.5) is 0 Å². The Bertz CT molecular complexity index is 347. The van der Waals surface area contributed by atoms with E-state index in [0.717, 1.165) is 38.5 Å². The summed E-state index contributed by atoms with van der Waals surface area (Å²) >= 11 is 0. The molecule has 1 saturated carbocycles. The number of hydrogen-bond donors (Lipinski definition) is 1. The minimum absolute atomic E-state index is 0.0172. The molecule has 1 spiro atoms. The van der Waals surface area contributed by atoms with Crippen molar-refractivity contribution in [1.29, 1.82) is 0 Å². The first kappa shape index (κ1) is 14.5. The lowest BCUT2D eigenvalue weighted by Gasteiger charge is -2.30. The van der Waals surface area contributed by atoms with Crippen LogP contribution < -0.4 is 0 Å². The Morgan fingerprint density at radius 3 is 2.58 bits per heavy atom. The number of likely N-dealkylation sites (tertiary alicyclic amines) is 1. The maximum absolute atomic E-state index is 12.5. The van der Waals surface area contributed by atoms with Gasteiger partial charge in [-0.05, 0) is 31.6 Å². The Morgan fingerprint density at radius 1 is 1.26 bits per heavy atom. The highest BCUT2D eigenvalue weighted by molar-refractivity contribution is 6.05. The lowest BCUT2D eigenvalue weighted by molar-refractivity contribution is -0.142. The predicted octanol–water partition coefficient (Wildman–Crippen LogP) is 2.10. The zero-order chi connectivity index (χ0) is 13.9. The van der Waals surface area contributed by atoms with Crippen LogP contribution >= 0.6 is 0 Å². The Labute approximate surface area is 115 Å².